The van der Waals surface area contributed by atoms with Gasteiger partial charge in [-0.1, -0.05) is 11.6 Å². The van der Waals surface area contributed by atoms with Crippen LogP contribution in [0.5, 0.6) is 5.75 Å². The largest absolute Gasteiger partial charge is 0.493 e. The molecule has 3 fully saturated rings. The standard InChI is InChI=1S/C33H46ClF2N5O7/c34-23-13-38-33(39-14-23)40-4-1-21(2-5-40)22-7-19(8-22)3-6-48-24-9-26(35)25(27(36)10-24)11-30(45)41-16-20(17-41)12-37-15-28(43)31(46)32(47)29(44)18-42/h9-10,13-14,19-22,28-29,31-32,37,42-44,46-47H,1-8,11-12,15-18H2. The molecule has 1 aliphatic carbocycles. The van der Waals surface area contributed by atoms with E-state index in [1.54, 1.807) is 12.4 Å². The number of benzene rings is 1. The lowest BCUT2D eigenvalue weighted by atomic mass is 9.65. The van der Waals surface area contributed by atoms with E-state index in [9.17, 15) is 34.0 Å². The van der Waals surface area contributed by atoms with Crippen LogP contribution in [0.3, 0.4) is 0 Å². The minimum Gasteiger partial charge on any atom is -0.493 e. The van der Waals surface area contributed by atoms with Crippen molar-refractivity contribution in [3.63, 3.8) is 0 Å². The zero-order valence-electron chi connectivity index (χ0n) is 26.8. The fourth-order valence-electron chi connectivity index (χ4n) is 6.91. The lowest BCUT2D eigenvalue weighted by Crippen LogP contribution is -2.55. The number of rotatable bonds is 16. The van der Waals surface area contributed by atoms with E-state index in [4.69, 9.17) is 21.4 Å². The predicted octanol–water partition coefficient (Wildman–Crippen LogP) is 1.15. The highest BCUT2D eigenvalue weighted by atomic mass is 35.5. The number of likely N-dealkylation sites (tertiary alicyclic amines) is 1. The van der Waals surface area contributed by atoms with Crippen molar-refractivity contribution in [3.05, 3.63) is 46.7 Å². The third-order valence-electron chi connectivity index (χ3n) is 10.0. The Morgan fingerprint density at radius 2 is 1.60 bits per heavy atom. The second kappa shape index (κ2) is 16.8. The van der Waals surface area contributed by atoms with Gasteiger partial charge in [-0.15, -0.1) is 0 Å². The number of aromatic nitrogens is 2. The highest BCUT2D eigenvalue weighted by molar-refractivity contribution is 6.30. The van der Waals surface area contributed by atoms with E-state index in [1.165, 1.54) is 4.90 Å². The van der Waals surface area contributed by atoms with E-state index in [0.29, 0.717) is 49.0 Å². The van der Waals surface area contributed by atoms with Gasteiger partial charge in [0.05, 0.1) is 43.2 Å². The molecule has 1 aromatic heterocycles. The Hall–Kier alpha value is -2.72. The topological polar surface area (TPSA) is 172 Å². The third-order valence-corrected chi connectivity index (χ3v) is 10.2. The maximum atomic E-state index is 14.8. The van der Waals surface area contributed by atoms with E-state index in [-0.39, 0.29) is 23.8 Å². The molecule has 4 unspecified atom stereocenters. The smallest absolute Gasteiger partial charge is 0.227 e. The number of aliphatic hydroxyl groups excluding tert-OH is 5. The van der Waals surface area contributed by atoms with E-state index >= 15 is 0 Å². The van der Waals surface area contributed by atoms with Gasteiger partial charge in [-0.05, 0) is 49.9 Å². The monoisotopic (exact) mass is 697 g/mol. The van der Waals surface area contributed by atoms with Crippen molar-refractivity contribution < 1.29 is 43.8 Å². The van der Waals surface area contributed by atoms with Gasteiger partial charge in [0.25, 0.3) is 0 Å². The summed E-state index contributed by atoms with van der Waals surface area (Å²) in [4.78, 5) is 25.0. The molecule has 3 heterocycles. The fraction of sp³-hybridized carbons (Fsp3) is 0.667. The third kappa shape index (κ3) is 9.29. The van der Waals surface area contributed by atoms with Crippen molar-refractivity contribution in [1.29, 1.82) is 0 Å². The summed E-state index contributed by atoms with van der Waals surface area (Å²) in [5.74, 6) is 0.712. The van der Waals surface area contributed by atoms with Crippen molar-refractivity contribution in [2.75, 3.05) is 57.4 Å². The number of hydrogen-bond donors (Lipinski definition) is 6. The number of anilines is 1. The van der Waals surface area contributed by atoms with Crippen LogP contribution in [-0.2, 0) is 11.2 Å². The molecule has 2 aromatic rings. The lowest BCUT2D eigenvalue weighted by Gasteiger charge is -2.44. The van der Waals surface area contributed by atoms with E-state index < -0.39 is 55.0 Å². The summed E-state index contributed by atoms with van der Waals surface area (Å²) in [5.41, 5.74) is -0.301. The highest BCUT2D eigenvalue weighted by Crippen LogP contribution is 2.44. The number of halogens is 3. The number of piperidine rings is 1. The normalized spacial score (nSPS) is 22.8. The first-order chi connectivity index (χ1) is 23.0. The summed E-state index contributed by atoms with van der Waals surface area (Å²) in [6, 6.07) is 2.26. The molecule has 2 aliphatic heterocycles. The second-order valence-electron chi connectivity index (χ2n) is 13.4. The summed E-state index contributed by atoms with van der Waals surface area (Å²) in [7, 11) is 0. The molecule has 4 atom stereocenters. The van der Waals surface area contributed by atoms with Crippen molar-refractivity contribution in [2.45, 2.75) is 62.9 Å². The molecule has 12 nitrogen and oxygen atoms in total. The van der Waals surface area contributed by atoms with Crippen molar-refractivity contribution in [3.8, 4) is 5.75 Å². The molecule has 1 amide bonds. The average molecular weight is 698 g/mol. The van der Waals surface area contributed by atoms with Crippen LogP contribution in [0.25, 0.3) is 0 Å². The Morgan fingerprint density at radius 1 is 0.979 bits per heavy atom. The molecule has 15 heteroatoms. The van der Waals surface area contributed by atoms with Gasteiger partial charge in [-0.3, -0.25) is 4.79 Å². The highest BCUT2D eigenvalue weighted by Gasteiger charge is 2.37. The van der Waals surface area contributed by atoms with Gasteiger partial charge >= 0.3 is 0 Å². The Balaban J connectivity index is 0.954. The van der Waals surface area contributed by atoms with Gasteiger partial charge in [0, 0.05) is 62.9 Å². The number of nitrogens with one attached hydrogen (secondary N) is 1. The molecule has 0 spiro atoms. The number of aliphatic hydroxyl groups is 5. The van der Waals surface area contributed by atoms with Crippen LogP contribution in [0.4, 0.5) is 14.7 Å². The van der Waals surface area contributed by atoms with Crippen LogP contribution in [0.2, 0.25) is 5.02 Å². The van der Waals surface area contributed by atoms with Crippen LogP contribution < -0.4 is 15.0 Å². The molecule has 48 heavy (non-hydrogen) atoms. The summed E-state index contributed by atoms with van der Waals surface area (Å²) >= 11 is 5.90. The summed E-state index contributed by atoms with van der Waals surface area (Å²) in [6.07, 6.45) is 1.79. The van der Waals surface area contributed by atoms with Crippen molar-refractivity contribution in [1.82, 2.24) is 20.2 Å². The lowest BCUT2D eigenvalue weighted by molar-refractivity contribution is -0.136. The minimum absolute atomic E-state index is 0.0332. The number of ether oxygens (including phenoxy) is 1. The Labute approximate surface area is 283 Å². The van der Waals surface area contributed by atoms with Gasteiger partial charge in [0.1, 0.15) is 35.7 Å². The molecule has 266 valence electrons. The molecule has 0 radical (unpaired) electrons. The van der Waals surface area contributed by atoms with Crippen LogP contribution in [0.15, 0.2) is 24.5 Å². The molecule has 1 aromatic carbocycles. The maximum absolute atomic E-state index is 14.8. The minimum atomic E-state index is -1.70. The number of carbonyl (C=O) groups is 1. The first-order valence-electron chi connectivity index (χ1n) is 16.7. The van der Waals surface area contributed by atoms with E-state index in [0.717, 1.165) is 63.3 Å². The van der Waals surface area contributed by atoms with E-state index in [1.807, 2.05) is 0 Å². The van der Waals surface area contributed by atoms with E-state index in [2.05, 4.69) is 20.2 Å². The molecule has 5 rings (SSSR count). The van der Waals surface area contributed by atoms with Gasteiger partial charge < -0.3 is 45.4 Å². The SMILES string of the molecule is O=C(Cc1c(F)cc(OCCC2CC(C3CCN(c4ncc(Cl)cn4)CC3)C2)cc1F)N1CC(CNCC(O)C(O)C(O)C(O)CO)C1. The van der Waals surface area contributed by atoms with Gasteiger partial charge in [0.15, 0.2) is 0 Å². The van der Waals surface area contributed by atoms with Crippen LogP contribution >= 0.6 is 11.6 Å². The predicted molar refractivity (Wildman–Crippen MR) is 172 cm³/mol. The number of hydrogen-bond acceptors (Lipinski definition) is 11. The van der Waals surface area contributed by atoms with Crippen LogP contribution in [0, 0.1) is 35.3 Å². The molecular weight excluding hydrogens is 652 g/mol. The molecule has 1 saturated carbocycles. The first-order valence-corrected chi connectivity index (χ1v) is 17.0. The molecule has 6 N–H and O–H groups in total. The maximum Gasteiger partial charge on any atom is 0.227 e. The zero-order valence-corrected chi connectivity index (χ0v) is 27.6. The molecule has 3 aliphatic rings. The van der Waals surface area contributed by atoms with Gasteiger partial charge in [-0.25, -0.2) is 18.7 Å². The quantitative estimate of drug-likeness (QED) is 0.149. The van der Waals surface area contributed by atoms with Crippen molar-refractivity contribution in [2.24, 2.45) is 23.7 Å². The number of amides is 1. The Kier molecular flexibility index (Phi) is 12.8. The van der Waals surface area contributed by atoms with Gasteiger partial charge in [0.2, 0.25) is 11.9 Å². The van der Waals surface area contributed by atoms with Crippen LogP contribution in [-0.4, -0.2) is 123 Å². The summed E-state index contributed by atoms with van der Waals surface area (Å²) in [5, 5.41) is 51.2. The fourth-order valence-corrected chi connectivity index (χ4v) is 7.01. The molecular formula is C33H46ClF2N5O7. The first kappa shape index (κ1) is 36.6. The summed E-state index contributed by atoms with van der Waals surface area (Å²) < 4.78 is 35.4. The Bertz CT molecular complexity index is 1320. The summed E-state index contributed by atoms with van der Waals surface area (Å²) in [6.45, 7) is 2.49. The molecule has 0 bridgehead atoms. The zero-order chi connectivity index (χ0) is 34.4. The Morgan fingerprint density at radius 3 is 2.23 bits per heavy atom. The number of carbonyl (C=O) groups excluding carboxylic acids is 1. The van der Waals surface area contributed by atoms with Crippen LogP contribution in [0.1, 0.15) is 37.7 Å². The molecule has 2 saturated heterocycles. The second-order valence-corrected chi connectivity index (χ2v) is 13.9. The number of nitrogens with zero attached hydrogens (tertiary/aromatic N) is 4. The average Bonchev–Trinajstić information content (AvgIpc) is 3.04. The van der Waals surface area contributed by atoms with Gasteiger partial charge in [-0.2, -0.15) is 0 Å². The van der Waals surface area contributed by atoms with Crippen molar-refractivity contribution >= 4 is 23.5 Å².